The zero-order valence-electron chi connectivity index (χ0n) is 15.5. The quantitative estimate of drug-likeness (QED) is 0.454. The summed E-state index contributed by atoms with van der Waals surface area (Å²) in [5.74, 6) is 0.699. The zero-order valence-corrected chi connectivity index (χ0v) is 15.5. The molecule has 2 aromatic heterocycles. The molecular weight excluding hydrogens is 336 g/mol. The fourth-order valence-corrected chi connectivity index (χ4v) is 2.97. The van der Waals surface area contributed by atoms with Crippen molar-refractivity contribution in [1.29, 1.82) is 0 Å². The van der Waals surface area contributed by atoms with Crippen molar-refractivity contribution in [3.63, 3.8) is 0 Å². The Bertz CT molecular complexity index is 1160. The lowest BCUT2D eigenvalue weighted by atomic mass is 10.1. The Hall–Kier alpha value is -3.47. The lowest BCUT2D eigenvalue weighted by Crippen LogP contribution is -1.83. The van der Waals surface area contributed by atoms with Crippen molar-refractivity contribution in [2.75, 3.05) is 0 Å². The molecule has 0 atom stereocenters. The first-order chi connectivity index (χ1) is 13.0. The van der Waals surface area contributed by atoms with E-state index in [1.165, 1.54) is 5.56 Å². The summed E-state index contributed by atoms with van der Waals surface area (Å²) < 4.78 is 1.76. The van der Waals surface area contributed by atoms with E-state index >= 15 is 0 Å². The fourth-order valence-electron chi connectivity index (χ4n) is 2.97. The Labute approximate surface area is 157 Å². The maximum atomic E-state index is 10.2. The second-order valence-electron chi connectivity index (χ2n) is 6.73. The topological polar surface area (TPSA) is 62.2 Å². The molecular formula is C22H20N4O. The number of aromatic hydroxyl groups is 1. The molecule has 0 amide bonds. The summed E-state index contributed by atoms with van der Waals surface area (Å²) in [6.07, 6.45) is 1.83. The molecule has 0 saturated carbocycles. The van der Waals surface area contributed by atoms with Crippen LogP contribution in [-0.4, -0.2) is 14.5 Å². The number of nitrogens with zero attached hydrogens (tertiary/aromatic N) is 4. The van der Waals surface area contributed by atoms with Gasteiger partial charge in [-0.2, -0.15) is 0 Å². The van der Waals surface area contributed by atoms with E-state index in [4.69, 9.17) is 0 Å². The van der Waals surface area contributed by atoms with E-state index in [2.05, 4.69) is 21.3 Å². The lowest BCUT2D eigenvalue weighted by molar-refractivity contribution is 0.477. The van der Waals surface area contributed by atoms with Crippen LogP contribution in [0.1, 0.15) is 16.7 Å². The van der Waals surface area contributed by atoms with Crippen molar-refractivity contribution in [3.05, 3.63) is 77.5 Å². The van der Waals surface area contributed by atoms with Gasteiger partial charge in [0.1, 0.15) is 5.69 Å². The summed E-state index contributed by atoms with van der Waals surface area (Å²) in [6, 6.07) is 17.5. The Kier molecular flexibility index (Phi) is 4.20. The van der Waals surface area contributed by atoms with Crippen molar-refractivity contribution in [1.82, 2.24) is 9.38 Å². The van der Waals surface area contributed by atoms with Crippen LogP contribution in [0.4, 0.5) is 11.5 Å². The second kappa shape index (κ2) is 6.68. The van der Waals surface area contributed by atoms with Gasteiger partial charge in [0.15, 0.2) is 17.2 Å². The van der Waals surface area contributed by atoms with Crippen molar-refractivity contribution in [2.24, 2.45) is 10.2 Å². The molecule has 0 fully saturated rings. The fraction of sp³-hybridized carbons (Fsp3) is 0.136. The van der Waals surface area contributed by atoms with E-state index in [-0.39, 0.29) is 5.75 Å². The maximum absolute atomic E-state index is 10.2. The molecule has 0 saturated heterocycles. The van der Waals surface area contributed by atoms with Crippen molar-refractivity contribution in [2.45, 2.75) is 20.8 Å². The first-order valence-electron chi connectivity index (χ1n) is 8.79. The van der Waals surface area contributed by atoms with Gasteiger partial charge in [-0.05, 0) is 50.1 Å². The second-order valence-corrected chi connectivity index (χ2v) is 6.73. The molecule has 1 N–H and O–H groups in total. The van der Waals surface area contributed by atoms with E-state index in [1.54, 1.807) is 16.5 Å². The van der Waals surface area contributed by atoms with Gasteiger partial charge in [-0.1, -0.05) is 42.0 Å². The molecule has 0 aliphatic heterocycles. The average Bonchev–Trinajstić information content (AvgIpc) is 3.03. The average molecular weight is 356 g/mol. The van der Waals surface area contributed by atoms with Crippen LogP contribution in [-0.2, 0) is 0 Å². The van der Waals surface area contributed by atoms with Gasteiger partial charge in [0.05, 0.1) is 5.69 Å². The Morgan fingerprint density at radius 3 is 2.41 bits per heavy atom. The SMILES string of the molecule is Cc1ccc(-c2nc3c(O)cccn3c2N=Nc2cc(C)ccc2C)cc1. The van der Waals surface area contributed by atoms with Crippen LogP contribution < -0.4 is 0 Å². The molecule has 0 bridgehead atoms. The van der Waals surface area contributed by atoms with Gasteiger partial charge in [-0.3, -0.25) is 4.40 Å². The van der Waals surface area contributed by atoms with Gasteiger partial charge in [0.25, 0.3) is 0 Å². The van der Waals surface area contributed by atoms with Crippen molar-refractivity contribution in [3.8, 4) is 17.0 Å². The smallest absolute Gasteiger partial charge is 0.187 e. The molecule has 5 heteroatoms. The normalized spacial score (nSPS) is 11.5. The van der Waals surface area contributed by atoms with Crippen LogP contribution in [0.15, 0.2) is 71.0 Å². The van der Waals surface area contributed by atoms with E-state index in [1.807, 2.05) is 63.4 Å². The standard InChI is InChI=1S/C22H20N4O/c1-14-7-10-17(11-8-14)20-22(26-12-4-5-19(27)21(26)23-20)25-24-18-13-15(2)6-9-16(18)3/h4-13,27H,1-3H3. The Morgan fingerprint density at radius 1 is 0.889 bits per heavy atom. The Balaban J connectivity index is 1.91. The predicted molar refractivity (Wildman–Crippen MR) is 107 cm³/mol. The minimum absolute atomic E-state index is 0.110. The van der Waals surface area contributed by atoms with Crippen LogP contribution in [0.2, 0.25) is 0 Å². The van der Waals surface area contributed by atoms with Gasteiger partial charge >= 0.3 is 0 Å². The number of aromatic nitrogens is 2. The van der Waals surface area contributed by atoms with E-state index < -0.39 is 0 Å². The number of imidazole rings is 1. The third-order valence-corrected chi connectivity index (χ3v) is 4.55. The summed E-state index contributed by atoms with van der Waals surface area (Å²) >= 11 is 0. The van der Waals surface area contributed by atoms with Crippen molar-refractivity contribution >= 4 is 17.2 Å². The summed E-state index contributed by atoms with van der Waals surface area (Å²) in [7, 11) is 0. The summed E-state index contributed by atoms with van der Waals surface area (Å²) in [5, 5.41) is 19.2. The van der Waals surface area contributed by atoms with E-state index in [9.17, 15) is 5.11 Å². The monoisotopic (exact) mass is 356 g/mol. The van der Waals surface area contributed by atoms with Crippen LogP contribution in [0.5, 0.6) is 5.75 Å². The van der Waals surface area contributed by atoms with Gasteiger partial charge < -0.3 is 5.11 Å². The lowest BCUT2D eigenvalue weighted by Gasteiger charge is -2.02. The first-order valence-corrected chi connectivity index (χ1v) is 8.79. The van der Waals surface area contributed by atoms with Gasteiger partial charge in [0, 0.05) is 11.8 Å². The molecule has 0 aliphatic rings. The van der Waals surface area contributed by atoms with E-state index in [0.29, 0.717) is 17.2 Å². The minimum atomic E-state index is 0.110. The van der Waals surface area contributed by atoms with Gasteiger partial charge in [0.2, 0.25) is 0 Å². The van der Waals surface area contributed by atoms with Gasteiger partial charge in [-0.15, -0.1) is 10.2 Å². The minimum Gasteiger partial charge on any atom is -0.504 e. The number of pyridine rings is 1. The molecule has 5 nitrogen and oxygen atoms in total. The number of fused-ring (bicyclic) bond motifs is 1. The molecule has 0 unspecified atom stereocenters. The van der Waals surface area contributed by atoms with Crippen LogP contribution in [0.25, 0.3) is 16.9 Å². The third kappa shape index (κ3) is 3.19. The molecule has 134 valence electrons. The maximum Gasteiger partial charge on any atom is 0.187 e. The third-order valence-electron chi connectivity index (χ3n) is 4.55. The number of rotatable bonds is 3. The molecule has 0 spiro atoms. The summed E-state index contributed by atoms with van der Waals surface area (Å²) in [5.41, 5.74) is 6.25. The van der Waals surface area contributed by atoms with Gasteiger partial charge in [-0.25, -0.2) is 4.98 Å². The van der Waals surface area contributed by atoms with Crippen LogP contribution in [0.3, 0.4) is 0 Å². The number of hydrogen-bond acceptors (Lipinski definition) is 4. The molecule has 4 rings (SSSR count). The highest BCUT2D eigenvalue weighted by Crippen LogP contribution is 2.35. The number of azo groups is 1. The number of hydrogen-bond donors (Lipinski definition) is 1. The van der Waals surface area contributed by atoms with Crippen molar-refractivity contribution < 1.29 is 5.11 Å². The van der Waals surface area contributed by atoms with Crippen LogP contribution in [0, 0.1) is 20.8 Å². The molecule has 4 aromatic rings. The van der Waals surface area contributed by atoms with E-state index in [0.717, 1.165) is 22.4 Å². The highest BCUT2D eigenvalue weighted by atomic mass is 16.3. The first kappa shape index (κ1) is 17.0. The predicted octanol–water partition coefficient (Wildman–Crippen LogP) is 6.05. The Morgan fingerprint density at radius 2 is 1.63 bits per heavy atom. The molecule has 0 aliphatic carbocycles. The largest absolute Gasteiger partial charge is 0.504 e. The molecule has 2 aromatic carbocycles. The molecule has 2 heterocycles. The highest BCUT2D eigenvalue weighted by molar-refractivity contribution is 5.76. The molecule has 0 radical (unpaired) electrons. The zero-order chi connectivity index (χ0) is 19.0. The number of benzene rings is 2. The summed E-state index contributed by atoms with van der Waals surface area (Å²) in [4.78, 5) is 4.62. The highest BCUT2D eigenvalue weighted by Gasteiger charge is 2.16. The van der Waals surface area contributed by atoms with Crippen LogP contribution >= 0.6 is 0 Å². The molecule has 27 heavy (non-hydrogen) atoms. The number of aryl methyl sites for hydroxylation is 3. The summed E-state index contributed by atoms with van der Waals surface area (Å²) in [6.45, 7) is 6.08.